The van der Waals surface area contributed by atoms with Gasteiger partial charge in [0.2, 0.25) is 0 Å². The van der Waals surface area contributed by atoms with E-state index in [9.17, 15) is 5.11 Å². The summed E-state index contributed by atoms with van der Waals surface area (Å²) in [4.78, 5) is 2.58. The molecule has 0 aromatic heterocycles. The number of ether oxygens (including phenoxy) is 2. The zero-order valence-electron chi connectivity index (χ0n) is 13.3. The van der Waals surface area contributed by atoms with Gasteiger partial charge in [0.15, 0.2) is 11.5 Å². The molecule has 0 saturated carbocycles. The zero-order chi connectivity index (χ0) is 15.3. The van der Waals surface area contributed by atoms with Crippen molar-refractivity contribution in [2.24, 2.45) is 0 Å². The number of benzene rings is 1. The van der Waals surface area contributed by atoms with E-state index in [-0.39, 0.29) is 17.4 Å². The fourth-order valence-corrected chi connectivity index (χ4v) is 4.63. The molecule has 0 amide bonds. The molecule has 2 unspecified atom stereocenters. The first-order chi connectivity index (χ1) is 10.7. The first-order valence-corrected chi connectivity index (χ1v) is 8.06. The number of phenolic OH excluding ortho intramolecular Hbond substituents is 1. The Morgan fingerprint density at radius 2 is 2.05 bits per heavy atom. The van der Waals surface area contributed by atoms with Crippen molar-refractivity contribution in [1.82, 2.24) is 4.90 Å². The molecule has 1 fully saturated rings. The van der Waals surface area contributed by atoms with Crippen LogP contribution in [0.4, 0.5) is 0 Å². The Morgan fingerprint density at radius 3 is 2.82 bits per heavy atom. The van der Waals surface area contributed by atoms with E-state index >= 15 is 0 Å². The molecule has 4 heteroatoms. The lowest BCUT2D eigenvalue weighted by atomic mass is 9.71. The molecule has 22 heavy (non-hydrogen) atoms. The summed E-state index contributed by atoms with van der Waals surface area (Å²) in [6.07, 6.45) is 6.74. The fourth-order valence-electron chi connectivity index (χ4n) is 4.63. The maximum Gasteiger partial charge on any atom is 0.160 e. The molecule has 1 aromatic carbocycles. The van der Waals surface area contributed by atoms with Crippen LogP contribution in [-0.2, 0) is 16.7 Å². The minimum absolute atomic E-state index is 0.0732. The number of hydrogen-bond donors (Lipinski definition) is 1. The minimum atomic E-state index is -0.0732. The number of fused-ring (bicyclic) bond motifs is 1. The van der Waals surface area contributed by atoms with E-state index in [0.29, 0.717) is 5.75 Å². The van der Waals surface area contributed by atoms with Crippen LogP contribution >= 0.6 is 0 Å². The Morgan fingerprint density at radius 1 is 1.23 bits per heavy atom. The van der Waals surface area contributed by atoms with Crippen LogP contribution in [0.5, 0.6) is 11.5 Å². The molecule has 0 radical (unpaired) electrons. The van der Waals surface area contributed by atoms with Gasteiger partial charge in [-0.15, -0.1) is 0 Å². The summed E-state index contributed by atoms with van der Waals surface area (Å²) < 4.78 is 11.0. The second-order valence-electron chi connectivity index (χ2n) is 6.56. The lowest BCUT2D eigenvalue weighted by Gasteiger charge is -2.48. The van der Waals surface area contributed by atoms with Crippen molar-refractivity contribution < 1.29 is 14.6 Å². The summed E-state index contributed by atoms with van der Waals surface area (Å²) in [5, 5.41) is 10.3. The fraction of sp³-hybridized carbons (Fsp3) is 0.556. The molecule has 2 atom stereocenters. The first-order valence-electron chi connectivity index (χ1n) is 8.06. The van der Waals surface area contributed by atoms with Crippen molar-refractivity contribution in [3.8, 4) is 11.5 Å². The van der Waals surface area contributed by atoms with Crippen LogP contribution < -0.4 is 4.74 Å². The Balaban J connectivity index is 1.90. The normalized spacial score (nSPS) is 30.3. The van der Waals surface area contributed by atoms with Crippen molar-refractivity contribution in [2.75, 3.05) is 27.3 Å². The lowest BCUT2D eigenvalue weighted by Crippen LogP contribution is -2.50. The van der Waals surface area contributed by atoms with Gasteiger partial charge < -0.3 is 14.6 Å². The first kappa shape index (κ1) is 14.1. The molecule has 2 heterocycles. The Labute approximate surface area is 131 Å². The monoisotopic (exact) mass is 301 g/mol. The average Bonchev–Trinajstić information content (AvgIpc) is 2.93. The third-order valence-corrected chi connectivity index (χ3v) is 5.71. The summed E-state index contributed by atoms with van der Waals surface area (Å²) in [6, 6.07) is 3.95. The number of methoxy groups -OCH3 is 2. The van der Waals surface area contributed by atoms with Crippen LogP contribution in [-0.4, -0.2) is 43.4 Å². The van der Waals surface area contributed by atoms with Crippen molar-refractivity contribution in [3.63, 3.8) is 0 Å². The van der Waals surface area contributed by atoms with Gasteiger partial charge in [0.1, 0.15) is 0 Å². The van der Waals surface area contributed by atoms with Crippen LogP contribution in [0.25, 0.3) is 0 Å². The van der Waals surface area contributed by atoms with Crippen molar-refractivity contribution in [1.29, 1.82) is 0 Å². The summed E-state index contributed by atoms with van der Waals surface area (Å²) in [7, 11) is 3.41. The predicted octanol–water partition coefficient (Wildman–Crippen LogP) is 2.59. The smallest absolute Gasteiger partial charge is 0.160 e. The topological polar surface area (TPSA) is 41.9 Å². The Hall–Kier alpha value is -1.52. The van der Waals surface area contributed by atoms with Gasteiger partial charge in [-0.25, -0.2) is 0 Å². The number of rotatable bonds is 2. The quantitative estimate of drug-likeness (QED) is 0.853. The summed E-state index contributed by atoms with van der Waals surface area (Å²) >= 11 is 0. The molecular formula is C18H23NO3. The number of nitrogens with zero attached hydrogens (tertiary/aromatic N) is 1. The second-order valence-corrected chi connectivity index (χ2v) is 6.56. The van der Waals surface area contributed by atoms with Gasteiger partial charge in [0, 0.05) is 26.6 Å². The van der Waals surface area contributed by atoms with E-state index < -0.39 is 0 Å². The minimum Gasteiger partial charge on any atom is -0.504 e. The number of phenols is 1. The van der Waals surface area contributed by atoms with Crippen LogP contribution in [0.2, 0.25) is 0 Å². The number of aromatic hydroxyl groups is 1. The van der Waals surface area contributed by atoms with Crippen molar-refractivity contribution >= 4 is 0 Å². The van der Waals surface area contributed by atoms with Crippen molar-refractivity contribution in [3.05, 3.63) is 34.9 Å². The van der Waals surface area contributed by atoms with E-state index in [0.717, 1.165) is 38.8 Å². The predicted molar refractivity (Wildman–Crippen MR) is 84.3 cm³/mol. The van der Waals surface area contributed by atoms with E-state index in [1.165, 1.54) is 16.7 Å². The molecule has 0 bridgehead atoms. The molecule has 118 valence electrons. The van der Waals surface area contributed by atoms with Crippen LogP contribution in [0.3, 0.4) is 0 Å². The third-order valence-electron chi connectivity index (χ3n) is 5.71. The SMILES string of the molecule is COc1cc2c(cc1O)C13CC(OC)CC=C1CCN3CC2. The van der Waals surface area contributed by atoms with Gasteiger partial charge in [-0.1, -0.05) is 6.08 Å². The van der Waals surface area contributed by atoms with E-state index in [1.807, 2.05) is 12.1 Å². The van der Waals surface area contributed by atoms with Crippen molar-refractivity contribution in [2.45, 2.75) is 37.3 Å². The van der Waals surface area contributed by atoms with Crippen LogP contribution in [0, 0.1) is 0 Å². The van der Waals surface area contributed by atoms with E-state index in [1.54, 1.807) is 14.2 Å². The number of hydrogen-bond acceptors (Lipinski definition) is 4. The summed E-state index contributed by atoms with van der Waals surface area (Å²) in [5.41, 5.74) is 3.99. The van der Waals surface area contributed by atoms with Gasteiger partial charge in [-0.3, -0.25) is 4.90 Å². The largest absolute Gasteiger partial charge is 0.504 e. The van der Waals surface area contributed by atoms with Crippen LogP contribution in [0.1, 0.15) is 30.4 Å². The van der Waals surface area contributed by atoms with Crippen LogP contribution in [0.15, 0.2) is 23.8 Å². The molecule has 1 N–H and O–H groups in total. The van der Waals surface area contributed by atoms with Gasteiger partial charge in [-0.2, -0.15) is 0 Å². The summed E-state index contributed by atoms with van der Waals surface area (Å²) in [5.74, 6) is 0.814. The van der Waals surface area contributed by atoms with E-state index in [2.05, 4.69) is 11.0 Å². The molecule has 3 aliphatic rings. The molecular weight excluding hydrogens is 278 g/mol. The Kier molecular flexibility index (Phi) is 3.20. The molecule has 2 aliphatic heterocycles. The van der Waals surface area contributed by atoms with Gasteiger partial charge in [0.25, 0.3) is 0 Å². The lowest BCUT2D eigenvalue weighted by molar-refractivity contribution is 0.0290. The molecule has 1 aliphatic carbocycles. The zero-order valence-corrected chi connectivity index (χ0v) is 13.3. The second kappa shape index (κ2) is 5.00. The maximum absolute atomic E-state index is 10.3. The van der Waals surface area contributed by atoms with Gasteiger partial charge in [-0.05, 0) is 48.1 Å². The highest BCUT2D eigenvalue weighted by atomic mass is 16.5. The molecule has 1 spiro atoms. The highest BCUT2D eigenvalue weighted by molar-refractivity contribution is 5.54. The highest BCUT2D eigenvalue weighted by Gasteiger charge is 2.51. The molecule has 4 rings (SSSR count). The molecule has 1 aromatic rings. The third kappa shape index (κ3) is 1.77. The summed E-state index contributed by atoms with van der Waals surface area (Å²) in [6.45, 7) is 2.17. The molecule has 4 nitrogen and oxygen atoms in total. The molecule has 1 saturated heterocycles. The van der Waals surface area contributed by atoms with E-state index in [4.69, 9.17) is 9.47 Å². The van der Waals surface area contributed by atoms with Gasteiger partial charge in [0.05, 0.1) is 18.8 Å². The Bertz CT molecular complexity index is 639. The highest BCUT2D eigenvalue weighted by Crippen LogP contribution is 2.54. The average molecular weight is 301 g/mol. The van der Waals surface area contributed by atoms with Gasteiger partial charge >= 0.3 is 0 Å². The maximum atomic E-state index is 10.3. The standard InChI is InChI=1S/C18H23NO3/c1-21-14-4-3-13-6-8-19-7-5-12-9-17(22-2)16(20)10-15(12)18(13,19)11-14/h3,9-10,14,20H,4-8,11H2,1-2H3.